The molecule has 0 bridgehead atoms. The standard InChI is InChI=1S/C10H16N2S/c1-4-9(11)8-5-6-10(13-3)12-7(8)2/h5-6,9H,4,11H2,1-3H3/t9-/m0/s1. The van der Waals surface area contributed by atoms with Crippen LogP contribution in [-0.4, -0.2) is 11.2 Å². The van der Waals surface area contributed by atoms with Crippen LogP contribution in [0.5, 0.6) is 0 Å². The van der Waals surface area contributed by atoms with Crippen LogP contribution < -0.4 is 5.73 Å². The van der Waals surface area contributed by atoms with Crippen LogP contribution in [0, 0.1) is 6.92 Å². The van der Waals surface area contributed by atoms with Crippen molar-refractivity contribution in [3.8, 4) is 0 Å². The van der Waals surface area contributed by atoms with Gasteiger partial charge in [0.25, 0.3) is 0 Å². The van der Waals surface area contributed by atoms with Gasteiger partial charge in [0.1, 0.15) is 0 Å². The molecule has 13 heavy (non-hydrogen) atoms. The molecule has 1 rings (SSSR count). The Morgan fingerprint density at radius 2 is 2.23 bits per heavy atom. The van der Waals surface area contributed by atoms with Gasteiger partial charge in [-0.2, -0.15) is 0 Å². The highest BCUT2D eigenvalue weighted by Gasteiger charge is 2.07. The van der Waals surface area contributed by atoms with E-state index in [4.69, 9.17) is 5.73 Å². The van der Waals surface area contributed by atoms with E-state index in [-0.39, 0.29) is 6.04 Å². The molecule has 0 fully saturated rings. The number of hydrogen-bond acceptors (Lipinski definition) is 3. The van der Waals surface area contributed by atoms with Crippen LogP contribution in [0.4, 0.5) is 0 Å². The Kier molecular flexibility index (Phi) is 3.75. The Hall–Kier alpha value is -0.540. The lowest BCUT2D eigenvalue weighted by Gasteiger charge is -2.12. The molecule has 1 heterocycles. The number of aromatic nitrogens is 1. The van der Waals surface area contributed by atoms with Gasteiger partial charge in [0, 0.05) is 11.7 Å². The summed E-state index contributed by atoms with van der Waals surface area (Å²) in [6, 6.07) is 4.24. The second kappa shape index (κ2) is 4.63. The maximum atomic E-state index is 5.94. The molecule has 0 aromatic carbocycles. The van der Waals surface area contributed by atoms with Gasteiger partial charge in [-0.05, 0) is 31.2 Å². The zero-order chi connectivity index (χ0) is 9.84. The van der Waals surface area contributed by atoms with Gasteiger partial charge < -0.3 is 5.73 Å². The van der Waals surface area contributed by atoms with Gasteiger partial charge >= 0.3 is 0 Å². The third-order valence-electron chi connectivity index (χ3n) is 2.15. The zero-order valence-corrected chi connectivity index (χ0v) is 9.19. The summed E-state index contributed by atoms with van der Waals surface area (Å²) in [5.74, 6) is 0. The first-order valence-corrected chi connectivity index (χ1v) is 5.68. The largest absolute Gasteiger partial charge is 0.324 e. The summed E-state index contributed by atoms with van der Waals surface area (Å²) in [5, 5.41) is 1.06. The fraction of sp³-hybridized carbons (Fsp3) is 0.500. The maximum absolute atomic E-state index is 5.94. The van der Waals surface area contributed by atoms with Gasteiger partial charge in [-0.15, -0.1) is 11.8 Å². The molecule has 0 saturated heterocycles. The van der Waals surface area contributed by atoms with Crippen LogP contribution in [0.2, 0.25) is 0 Å². The van der Waals surface area contributed by atoms with Crippen LogP contribution in [0.3, 0.4) is 0 Å². The van der Waals surface area contributed by atoms with Crippen molar-refractivity contribution < 1.29 is 0 Å². The van der Waals surface area contributed by atoms with Crippen molar-refractivity contribution in [2.45, 2.75) is 31.3 Å². The summed E-state index contributed by atoms with van der Waals surface area (Å²) in [6.45, 7) is 4.11. The van der Waals surface area contributed by atoms with Gasteiger partial charge in [-0.25, -0.2) is 4.98 Å². The van der Waals surface area contributed by atoms with Crippen LogP contribution in [0.1, 0.15) is 30.6 Å². The lowest BCUT2D eigenvalue weighted by Crippen LogP contribution is -2.11. The van der Waals surface area contributed by atoms with E-state index in [9.17, 15) is 0 Å². The predicted molar refractivity (Wildman–Crippen MR) is 58.0 cm³/mol. The molecule has 0 saturated carbocycles. The third kappa shape index (κ3) is 2.45. The van der Waals surface area contributed by atoms with Crippen molar-refractivity contribution in [3.63, 3.8) is 0 Å². The average molecular weight is 196 g/mol. The Balaban J connectivity index is 2.98. The number of thioether (sulfide) groups is 1. The van der Waals surface area contributed by atoms with E-state index in [1.54, 1.807) is 11.8 Å². The highest BCUT2D eigenvalue weighted by atomic mass is 32.2. The minimum absolute atomic E-state index is 0.128. The first-order valence-electron chi connectivity index (χ1n) is 4.46. The Morgan fingerprint density at radius 1 is 1.54 bits per heavy atom. The fourth-order valence-corrected chi connectivity index (χ4v) is 1.71. The molecule has 0 radical (unpaired) electrons. The van der Waals surface area contributed by atoms with Crippen LogP contribution in [0.25, 0.3) is 0 Å². The SMILES string of the molecule is CC[C@H](N)c1ccc(SC)nc1C. The highest BCUT2D eigenvalue weighted by Crippen LogP contribution is 2.20. The lowest BCUT2D eigenvalue weighted by atomic mass is 10.0. The van der Waals surface area contributed by atoms with Crippen molar-refractivity contribution in [3.05, 3.63) is 23.4 Å². The Bertz CT molecular complexity index is 286. The van der Waals surface area contributed by atoms with Gasteiger partial charge in [-0.1, -0.05) is 13.0 Å². The van der Waals surface area contributed by atoms with E-state index in [2.05, 4.69) is 18.0 Å². The summed E-state index contributed by atoms with van der Waals surface area (Å²) in [7, 11) is 0. The van der Waals surface area contributed by atoms with Gasteiger partial charge in [0.15, 0.2) is 0 Å². The van der Waals surface area contributed by atoms with Crippen LogP contribution in [0.15, 0.2) is 17.2 Å². The van der Waals surface area contributed by atoms with Gasteiger partial charge in [0.2, 0.25) is 0 Å². The highest BCUT2D eigenvalue weighted by molar-refractivity contribution is 7.98. The number of nitrogens with two attached hydrogens (primary N) is 1. The molecule has 0 unspecified atom stereocenters. The molecule has 0 aliphatic carbocycles. The normalized spacial score (nSPS) is 12.9. The van der Waals surface area contributed by atoms with Gasteiger partial charge in [0.05, 0.1) is 5.03 Å². The first kappa shape index (κ1) is 10.5. The molecule has 1 aromatic heterocycles. The fourth-order valence-electron chi connectivity index (χ4n) is 1.27. The summed E-state index contributed by atoms with van der Waals surface area (Å²) in [4.78, 5) is 4.44. The molecule has 2 N–H and O–H groups in total. The topological polar surface area (TPSA) is 38.9 Å². The van der Waals surface area contributed by atoms with E-state index < -0.39 is 0 Å². The molecule has 72 valence electrons. The van der Waals surface area contributed by atoms with E-state index >= 15 is 0 Å². The number of pyridine rings is 1. The molecule has 0 aliphatic rings. The summed E-state index contributed by atoms with van der Waals surface area (Å²) >= 11 is 1.66. The second-order valence-corrected chi connectivity index (χ2v) is 3.87. The zero-order valence-electron chi connectivity index (χ0n) is 8.37. The lowest BCUT2D eigenvalue weighted by molar-refractivity contribution is 0.686. The molecule has 3 heteroatoms. The first-order chi connectivity index (χ1) is 6.19. The van der Waals surface area contributed by atoms with E-state index in [1.165, 1.54) is 5.56 Å². The second-order valence-electron chi connectivity index (χ2n) is 3.04. The third-order valence-corrected chi connectivity index (χ3v) is 2.80. The van der Waals surface area contributed by atoms with E-state index in [0.717, 1.165) is 17.1 Å². The van der Waals surface area contributed by atoms with Crippen LogP contribution >= 0.6 is 11.8 Å². The minimum Gasteiger partial charge on any atom is -0.324 e. The summed E-state index contributed by atoms with van der Waals surface area (Å²) in [5.41, 5.74) is 8.16. The minimum atomic E-state index is 0.128. The Morgan fingerprint density at radius 3 is 2.69 bits per heavy atom. The quantitative estimate of drug-likeness (QED) is 0.755. The monoisotopic (exact) mass is 196 g/mol. The number of aryl methyl sites for hydroxylation is 1. The molecule has 0 spiro atoms. The molecule has 0 amide bonds. The number of nitrogens with zero attached hydrogens (tertiary/aromatic N) is 1. The average Bonchev–Trinajstić information content (AvgIpc) is 2.16. The molecule has 2 nitrogen and oxygen atoms in total. The van der Waals surface area contributed by atoms with Crippen LogP contribution in [-0.2, 0) is 0 Å². The predicted octanol–water partition coefficient (Wildman–Crippen LogP) is 2.52. The number of rotatable bonds is 3. The Labute approximate surface area is 83.9 Å². The molecular formula is C10H16N2S. The molecule has 1 atom stereocenters. The number of hydrogen-bond donors (Lipinski definition) is 1. The molecular weight excluding hydrogens is 180 g/mol. The maximum Gasteiger partial charge on any atom is 0.0960 e. The van der Waals surface area contributed by atoms with Crippen molar-refractivity contribution in [2.24, 2.45) is 5.73 Å². The molecule has 1 aromatic rings. The summed E-state index contributed by atoms with van der Waals surface area (Å²) in [6.07, 6.45) is 2.99. The van der Waals surface area contributed by atoms with E-state index in [1.807, 2.05) is 19.2 Å². The van der Waals surface area contributed by atoms with Gasteiger partial charge in [-0.3, -0.25) is 0 Å². The molecule has 0 aliphatic heterocycles. The van der Waals surface area contributed by atoms with Crippen molar-refractivity contribution in [1.82, 2.24) is 4.98 Å². The van der Waals surface area contributed by atoms with Crippen molar-refractivity contribution in [1.29, 1.82) is 0 Å². The van der Waals surface area contributed by atoms with Crippen molar-refractivity contribution in [2.75, 3.05) is 6.26 Å². The summed E-state index contributed by atoms with van der Waals surface area (Å²) < 4.78 is 0. The van der Waals surface area contributed by atoms with E-state index in [0.29, 0.717) is 0 Å². The van der Waals surface area contributed by atoms with Crippen molar-refractivity contribution >= 4 is 11.8 Å². The smallest absolute Gasteiger partial charge is 0.0960 e.